The molecule has 0 unspecified atom stereocenters. The number of benzene rings is 2. The average Bonchev–Trinajstić information content (AvgIpc) is 2.55. The van der Waals surface area contributed by atoms with Gasteiger partial charge in [0, 0.05) is 38.1 Å². The van der Waals surface area contributed by atoms with E-state index in [1.165, 1.54) is 0 Å². The molecule has 1 aliphatic heterocycles. The predicted molar refractivity (Wildman–Crippen MR) is 91.0 cm³/mol. The number of rotatable bonds is 4. The lowest BCUT2D eigenvalue weighted by Crippen LogP contribution is -2.49. The van der Waals surface area contributed by atoms with E-state index in [1.54, 1.807) is 10.4 Å². The highest BCUT2D eigenvalue weighted by atomic mass is 32.2. The highest BCUT2D eigenvalue weighted by molar-refractivity contribution is 7.89. The van der Waals surface area contributed by atoms with E-state index in [-0.39, 0.29) is 6.61 Å². The Morgan fingerprint density at radius 2 is 1.65 bits per heavy atom. The second-order valence-electron chi connectivity index (χ2n) is 5.90. The first-order chi connectivity index (χ1) is 11.0. The van der Waals surface area contributed by atoms with Crippen molar-refractivity contribution in [1.29, 1.82) is 0 Å². The molecule has 1 aliphatic rings. The maximum Gasteiger partial charge on any atom is 0.243 e. The lowest BCUT2D eigenvalue weighted by atomic mass is 10.1. The third-order valence-corrected chi connectivity index (χ3v) is 6.42. The van der Waals surface area contributed by atoms with Gasteiger partial charge in [0.15, 0.2) is 0 Å². The number of aryl methyl sites for hydroxylation is 1. The molecule has 1 heterocycles. The minimum absolute atomic E-state index is 0.106. The number of β-amino-alcohol motifs (C(OH)–C–C–N with tert-alkyl or cyclic N) is 1. The van der Waals surface area contributed by atoms with Gasteiger partial charge in [-0.1, -0.05) is 30.3 Å². The largest absolute Gasteiger partial charge is 0.395 e. The Balaban J connectivity index is 1.94. The van der Waals surface area contributed by atoms with Crippen LogP contribution in [-0.2, 0) is 10.0 Å². The first kappa shape index (κ1) is 16.4. The fraction of sp³-hybridized carbons (Fsp3) is 0.412. The van der Waals surface area contributed by atoms with Crippen LogP contribution in [0.25, 0.3) is 10.8 Å². The number of aliphatic hydroxyl groups excluding tert-OH is 1. The summed E-state index contributed by atoms with van der Waals surface area (Å²) in [7, 11) is -3.50. The molecular formula is C17H22N2O3S. The summed E-state index contributed by atoms with van der Waals surface area (Å²) in [5.74, 6) is 0. The fourth-order valence-electron chi connectivity index (χ4n) is 3.14. The molecule has 3 rings (SSSR count). The third kappa shape index (κ3) is 3.12. The molecule has 0 atom stereocenters. The van der Waals surface area contributed by atoms with E-state index < -0.39 is 10.0 Å². The molecule has 23 heavy (non-hydrogen) atoms. The molecule has 0 spiro atoms. The van der Waals surface area contributed by atoms with Crippen LogP contribution in [0.1, 0.15) is 5.56 Å². The summed E-state index contributed by atoms with van der Waals surface area (Å²) < 4.78 is 27.6. The second-order valence-corrected chi connectivity index (χ2v) is 7.80. The van der Waals surface area contributed by atoms with E-state index >= 15 is 0 Å². The highest BCUT2D eigenvalue weighted by Crippen LogP contribution is 2.28. The van der Waals surface area contributed by atoms with Crippen LogP contribution in [0.3, 0.4) is 0 Å². The minimum Gasteiger partial charge on any atom is -0.395 e. The SMILES string of the molecule is Cc1cccc2c(S(=O)(=O)N3CCN(CCO)CC3)cccc12. The topological polar surface area (TPSA) is 60.9 Å². The first-order valence-corrected chi connectivity index (χ1v) is 9.30. The molecule has 0 bridgehead atoms. The summed E-state index contributed by atoms with van der Waals surface area (Å²) in [6.45, 7) is 4.94. The molecule has 1 saturated heterocycles. The maximum absolute atomic E-state index is 13.0. The summed E-state index contributed by atoms with van der Waals surface area (Å²) >= 11 is 0. The Morgan fingerprint density at radius 3 is 2.35 bits per heavy atom. The van der Waals surface area contributed by atoms with Crippen LogP contribution in [0.15, 0.2) is 41.3 Å². The number of sulfonamides is 1. The van der Waals surface area contributed by atoms with Crippen molar-refractivity contribution in [2.75, 3.05) is 39.3 Å². The molecule has 0 aliphatic carbocycles. The molecule has 0 saturated carbocycles. The van der Waals surface area contributed by atoms with Crippen molar-refractivity contribution in [2.45, 2.75) is 11.8 Å². The number of piperazine rings is 1. The van der Waals surface area contributed by atoms with Gasteiger partial charge in [-0.05, 0) is 23.9 Å². The van der Waals surface area contributed by atoms with Gasteiger partial charge in [0.2, 0.25) is 10.0 Å². The van der Waals surface area contributed by atoms with Crippen LogP contribution in [-0.4, -0.2) is 62.1 Å². The van der Waals surface area contributed by atoms with E-state index in [9.17, 15) is 8.42 Å². The Morgan fingerprint density at radius 1 is 1.00 bits per heavy atom. The van der Waals surface area contributed by atoms with Gasteiger partial charge in [-0.2, -0.15) is 4.31 Å². The van der Waals surface area contributed by atoms with Crippen molar-refractivity contribution in [3.8, 4) is 0 Å². The molecule has 2 aromatic rings. The van der Waals surface area contributed by atoms with Crippen molar-refractivity contribution in [3.63, 3.8) is 0 Å². The monoisotopic (exact) mass is 334 g/mol. The number of hydrogen-bond acceptors (Lipinski definition) is 4. The molecule has 2 aromatic carbocycles. The van der Waals surface area contributed by atoms with Crippen LogP contribution >= 0.6 is 0 Å². The van der Waals surface area contributed by atoms with Crippen LogP contribution in [0, 0.1) is 6.92 Å². The normalized spacial score (nSPS) is 17.7. The Bertz CT molecular complexity index is 797. The van der Waals surface area contributed by atoms with Gasteiger partial charge < -0.3 is 5.11 Å². The van der Waals surface area contributed by atoms with Crippen molar-refractivity contribution < 1.29 is 13.5 Å². The van der Waals surface area contributed by atoms with Crippen molar-refractivity contribution in [3.05, 3.63) is 42.0 Å². The summed E-state index contributed by atoms with van der Waals surface area (Å²) in [5.41, 5.74) is 1.08. The summed E-state index contributed by atoms with van der Waals surface area (Å²) in [4.78, 5) is 2.47. The predicted octanol–water partition coefficient (Wildman–Crippen LogP) is 1.45. The summed E-state index contributed by atoms with van der Waals surface area (Å²) in [5, 5.41) is 10.8. The number of hydrogen-bond donors (Lipinski definition) is 1. The van der Waals surface area contributed by atoms with Crippen molar-refractivity contribution in [2.24, 2.45) is 0 Å². The molecular weight excluding hydrogens is 312 g/mol. The molecule has 0 amide bonds. The van der Waals surface area contributed by atoms with Gasteiger partial charge in [0.1, 0.15) is 0 Å². The Hall–Kier alpha value is -1.47. The maximum atomic E-state index is 13.0. The van der Waals surface area contributed by atoms with E-state index in [2.05, 4.69) is 4.90 Å². The fourth-order valence-corrected chi connectivity index (χ4v) is 4.77. The molecule has 1 N–H and O–H groups in total. The van der Waals surface area contributed by atoms with Crippen LogP contribution < -0.4 is 0 Å². The van der Waals surface area contributed by atoms with E-state index in [1.807, 2.05) is 37.3 Å². The molecule has 5 nitrogen and oxygen atoms in total. The number of nitrogens with zero attached hydrogens (tertiary/aromatic N) is 2. The molecule has 1 fully saturated rings. The molecule has 6 heteroatoms. The van der Waals surface area contributed by atoms with Crippen LogP contribution in [0.4, 0.5) is 0 Å². The molecule has 124 valence electrons. The second kappa shape index (κ2) is 6.57. The zero-order chi connectivity index (χ0) is 16.4. The summed E-state index contributed by atoms with van der Waals surface area (Å²) in [6, 6.07) is 11.2. The lowest BCUT2D eigenvalue weighted by Gasteiger charge is -2.33. The van der Waals surface area contributed by atoms with E-state index in [4.69, 9.17) is 5.11 Å². The van der Waals surface area contributed by atoms with Gasteiger partial charge in [-0.25, -0.2) is 8.42 Å². The zero-order valence-electron chi connectivity index (χ0n) is 13.3. The summed E-state index contributed by atoms with van der Waals surface area (Å²) in [6.07, 6.45) is 0. The standard InChI is InChI=1S/C17H22N2O3S/c1-14-4-2-6-16-15(14)5-3-7-17(16)23(21,22)19-10-8-18(9-11-19)12-13-20/h2-7,20H,8-13H2,1H3. The Kier molecular flexibility index (Phi) is 4.68. The van der Waals surface area contributed by atoms with E-state index in [0.717, 1.165) is 16.3 Å². The van der Waals surface area contributed by atoms with Gasteiger partial charge in [0.05, 0.1) is 11.5 Å². The quantitative estimate of drug-likeness (QED) is 0.919. The van der Waals surface area contributed by atoms with Crippen molar-refractivity contribution in [1.82, 2.24) is 9.21 Å². The smallest absolute Gasteiger partial charge is 0.243 e. The van der Waals surface area contributed by atoms with Gasteiger partial charge in [0.25, 0.3) is 0 Å². The first-order valence-electron chi connectivity index (χ1n) is 7.86. The number of aliphatic hydroxyl groups is 1. The van der Waals surface area contributed by atoms with E-state index in [0.29, 0.717) is 37.6 Å². The van der Waals surface area contributed by atoms with Crippen LogP contribution in [0.5, 0.6) is 0 Å². The minimum atomic E-state index is -3.50. The van der Waals surface area contributed by atoms with Crippen molar-refractivity contribution >= 4 is 20.8 Å². The third-order valence-electron chi connectivity index (χ3n) is 4.47. The molecule has 0 radical (unpaired) electrons. The van der Waals surface area contributed by atoms with Gasteiger partial charge >= 0.3 is 0 Å². The Labute approximate surface area is 137 Å². The highest BCUT2D eigenvalue weighted by Gasteiger charge is 2.29. The lowest BCUT2D eigenvalue weighted by molar-refractivity contribution is 0.151. The van der Waals surface area contributed by atoms with Crippen LogP contribution in [0.2, 0.25) is 0 Å². The number of fused-ring (bicyclic) bond motifs is 1. The molecule has 0 aromatic heterocycles. The average molecular weight is 334 g/mol. The zero-order valence-corrected chi connectivity index (χ0v) is 14.1. The van der Waals surface area contributed by atoms with Gasteiger partial charge in [-0.3, -0.25) is 4.90 Å². The van der Waals surface area contributed by atoms with Gasteiger partial charge in [-0.15, -0.1) is 0 Å².